The lowest BCUT2D eigenvalue weighted by atomic mass is 10.1. The number of likely N-dealkylation sites (N-methyl/N-ethyl adjacent to an activating group) is 1. The first-order chi connectivity index (χ1) is 18.3. The van der Waals surface area contributed by atoms with Crippen LogP contribution < -0.4 is 5.32 Å². The topological polar surface area (TPSA) is 101 Å². The van der Waals surface area contributed by atoms with Crippen LogP contribution in [0.4, 0.5) is 20.3 Å². The fraction of sp³-hybridized carbons (Fsp3) is 0.346. The summed E-state index contributed by atoms with van der Waals surface area (Å²) in [4.78, 5) is 34.3. The van der Waals surface area contributed by atoms with Gasteiger partial charge in [-0.25, -0.2) is 28.5 Å². The van der Waals surface area contributed by atoms with E-state index in [2.05, 4.69) is 42.1 Å². The third-order valence-electron chi connectivity index (χ3n) is 6.62. The lowest BCUT2D eigenvalue weighted by Crippen LogP contribution is -2.43. The van der Waals surface area contributed by atoms with Gasteiger partial charge in [-0.3, -0.25) is 9.88 Å². The van der Waals surface area contributed by atoms with Crippen LogP contribution in [0.1, 0.15) is 28.2 Å². The third-order valence-corrected chi connectivity index (χ3v) is 6.62. The number of piperazine rings is 1. The predicted molar refractivity (Wildman–Crippen MR) is 138 cm³/mol. The number of aryl methyl sites for hydroxylation is 1. The summed E-state index contributed by atoms with van der Waals surface area (Å²) in [6.07, 6.45) is 1.55. The van der Waals surface area contributed by atoms with Crippen LogP contribution in [-0.4, -0.2) is 80.6 Å². The van der Waals surface area contributed by atoms with Crippen LogP contribution in [0.5, 0.6) is 0 Å². The molecular formula is C26H28F2N8O2. The van der Waals surface area contributed by atoms with Gasteiger partial charge in [0.15, 0.2) is 11.5 Å². The molecule has 4 heterocycles. The second-order valence-corrected chi connectivity index (χ2v) is 9.26. The van der Waals surface area contributed by atoms with Gasteiger partial charge in [0.1, 0.15) is 16.9 Å². The number of aromatic nitrogens is 5. The van der Waals surface area contributed by atoms with Crippen molar-refractivity contribution in [3.8, 4) is 11.3 Å². The van der Waals surface area contributed by atoms with E-state index >= 15 is 0 Å². The Morgan fingerprint density at radius 1 is 1.08 bits per heavy atom. The number of ether oxygens (including phenoxy) is 1. The van der Waals surface area contributed by atoms with Crippen molar-refractivity contribution in [2.75, 3.05) is 45.7 Å². The van der Waals surface area contributed by atoms with E-state index in [0.29, 0.717) is 16.7 Å². The summed E-state index contributed by atoms with van der Waals surface area (Å²) < 4.78 is 35.1. The molecule has 0 amide bonds. The van der Waals surface area contributed by atoms with E-state index in [1.54, 1.807) is 24.1 Å². The minimum atomic E-state index is -2.96. The van der Waals surface area contributed by atoms with Gasteiger partial charge in [-0.15, -0.1) is 0 Å². The summed E-state index contributed by atoms with van der Waals surface area (Å²) in [6.45, 7) is 4.88. The summed E-state index contributed by atoms with van der Waals surface area (Å²) in [6, 6.07) is 7.56. The molecule has 1 aliphatic heterocycles. The number of methoxy groups -OCH3 is 1. The number of rotatable bonds is 7. The number of hydrogen-bond donors (Lipinski definition) is 1. The van der Waals surface area contributed by atoms with Gasteiger partial charge in [-0.1, -0.05) is 12.1 Å². The molecule has 1 aromatic carbocycles. The normalized spacial score (nSPS) is 14.8. The number of alkyl halides is 2. The second-order valence-electron chi connectivity index (χ2n) is 9.26. The molecule has 1 fully saturated rings. The highest BCUT2D eigenvalue weighted by Gasteiger charge is 2.27. The maximum atomic E-state index is 14.3. The molecule has 4 aromatic rings. The second kappa shape index (κ2) is 10.8. The molecule has 0 unspecified atom stereocenters. The van der Waals surface area contributed by atoms with Gasteiger partial charge in [0, 0.05) is 57.2 Å². The number of nitrogens with zero attached hydrogens (tertiary/aromatic N) is 7. The molecule has 0 spiro atoms. The fourth-order valence-electron chi connectivity index (χ4n) is 4.44. The number of carbonyl (C=O) groups excluding carboxylic acids is 1. The Labute approximate surface area is 218 Å². The average Bonchev–Trinajstić information content (AvgIpc) is 3.31. The Morgan fingerprint density at radius 3 is 2.50 bits per heavy atom. The van der Waals surface area contributed by atoms with E-state index in [1.807, 2.05) is 24.3 Å². The van der Waals surface area contributed by atoms with E-state index in [9.17, 15) is 13.6 Å². The van der Waals surface area contributed by atoms with Crippen LogP contribution in [-0.2, 0) is 18.3 Å². The zero-order valence-corrected chi connectivity index (χ0v) is 21.4. The van der Waals surface area contributed by atoms with Crippen molar-refractivity contribution in [1.82, 2.24) is 34.3 Å². The number of fused-ring (bicyclic) bond motifs is 1. The Balaban J connectivity index is 1.48. The number of anilines is 2. The van der Waals surface area contributed by atoms with Crippen molar-refractivity contribution in [2.24, 2.45) is 7.05 Å². The molecule has 0 radical (unpaired) electrons. The van der Waals surface area contributed by atoms with Crippen LogP contribution in [0.3, 0.4) is 0 Å². The van der Waals surface area contributed by atoms with Gasteiger partial charge < -0.3 is 19.5 Å². The molecule has 0 atom stereocenters. The van der Waals surface area contributed by atoms with Crippen molar-refractivity contribution in [2.45, 2.75) is 13.0 Å². The minimum absolute atomic E-state index is 0.121. The lowest BCUT2D eigenvalue weighted by Gasteiger charge is -2.32. The number of pyridine rings is 1. The summed E-state index contributed by atoms with van der Waals surface area (Å²) in [7, 11) is 5.08. The molecule has 38 heavy (non-hydrogen) atoms. The standard InChI is InChI=1S/C26H28F2N8O2/c1-34-8-10-36(11-9-34)14-16-4-6-17(7-5-16)31-25-23(26(37)38-3)32-21(22(33-25)24(27)28)18-12-29-13-19-20(18)30-15-35(19)2/h4-7,12-13,15,24H,8-11,14H2,1-3H3,(H,31,33). The van der Waals surface area contributed by atoms with Crippen LogP contribution in [0.25, 0.3) is 22.3 Å². The van der Waals surface area contributed by atoms with E-state index in [4.69, 9.17) is 4.74 Å². The summed E-state index contributed by atoms with van der Waals surface area (Å²) >= 11 is 0. The van der Waals surface area contributed by atoms with Crippen LogP contribution in [0, 0.1) is 0 Å². The fourth-order valence-corrected chi connectivity index (χ4v) is 4.44. The lowest BCUT2D eigenvalue weighted by molar-refractivity contribution is 0.0594. The molecule has 5 rings (SSSR count). The van der Waals surface area contributed by atoms with Crippen molar-refractivity contribution in [3.63, 3.8) is 0 Å². The molecule has 0 bridgehead atoms. The van der Waals surface area contributed by atoms with E-state index < -0.39 is 18.1 Å². The van der Waals surface area contributed by atoms with Gasteiger partial charge in [-0.2, -0.15) is 0 Å². The molecule has 12 heteroatoms. The third kappa shape index (κ3) is 5.18. The Hall–Kier alpha value is -4.03. The van der Waals surface area contributed by atoms with E-state index in [-0.39, 0.29) is 22.8 Å². The molecule has 1 saturated heterocycles. The highest BCUT2D eigenvalue weighted by atomic mass is 19.3. The molecular weight excluding hydrogens is 494 g/mol. The first-order valence-corrected chi connectivity index (χ1v) is 12.1. The maximum Gasteiger partial charge on any atom is 0.360 e. The smallest absolute Gasteiger partial charge is 0.360 e. The number of benzene rings is 1. The molecule has 3 aromatic heterocycles. The first kappa shape index (κ1) is 25.6. The highest BCUT2D eigenvalue weighted by Crippen LogP contribution is 2.34. The largest absolute Gasteiger partial charge is 0.464 e. The number of halogens is 2. The molecule has 1 N–H and O–H groups in total. The Bertz CT molecular complexity index is 1450. The van der Waals surface area contributed by atoms with Gasteiger partial charge in [-0.05, 0) is 24.7 Å². The Morgan fingerprint density at radius 2 is 1.82 bits per heavy atom. The van der Waals surface area contributed by atoms with Crippen LogP contribution in [0.2, 0.25) is 0 Å². The zero-order valence-electron chi connectivity index (χ0n) is 21.4. The SMILES string of the molecule is COC(=O)c1nc(-c2cncc3c2ncn3C)c(C(F)F)nc1Nc1ccc(CN2CCN(C)CC2)cc1. The zero-order chi connectivity index (χ0) is 26.8. The summed E-state index contributed by atoms with van der Waals surface area (Å²) in [5.41, 5.74) is 2.01. The minimum Gasteiger partial charge on any atom is -0.464 e. The van der Waals surface area contributed by atoms with Crippen molar-refractivity contribution < 1.29 is 18.3 Å². The maximum absolute atomic E-state index is 14.3. The summed E-state index contributed by atoms with van der Waals surface area (Å²) in [5, 5.41) is 2.98. The number of hydrogen-bond acceptors (Lipinski definition) is 9. The number of nitrogens with one attached hydrogen (secondary N) is 1. The van der Waals surface area contributed by atoms with Crippen molar-refractivity contribution in [3.05, 3.63) is 59.9 Å². The van der Waals surface area contributed by atoms with Crippen molar-refractivity contribution in [1.29, 1.82) is 0 Å². The van der Waals surface area contributed by atoms with Gasteiger partial charge in [0.2, 0.25) is 0 Å². The van der Waals surface area contributed by atoms with Crippen LogP contribution in [0.15, 0.2) is 43.0 Å². The average molecular weight is 523 g/mol. The summed E-state index contributed by atoms with van der Waals surface area (Å²) in [5.74, 6) is -0.932. The molecule has 0 aliphatic carbocycles. The van der Waals surface area contributed by atoms with Crippen molar-refractivity contribution >= 4 is 28.5 Å². The predicted octanol–water partition coefficient (Wildman–Crippen LogP) is 3.64. The monoisotopic (exact) mass is 522 g/mol. The number of carbonyl (C=O) groups is 1. The quantitative estimate of drug-likeness (QED) is 0.365. The first-order valence-electron chi connectivity index (χ1n) is 12.1. The van der Waals surface area contributed by atoms with Gasteiger partial charge >= 0.3 is 5.97 Å². The van der Waals surface area contributed by atoms with Gasteiger partial charge in [0.25, 0.3) is 6.43 Å². The van der Waals surface area contributed by atoms with Gasteiger partial charge in [0.05, 0.1) is 25.2 Å². The molecule has 10 nitrogen and oxygen atoms in total. The molecule has 198 valence electrons. The van der Waals surface area contributed by atoms with E-state index in [0.717, 1.165) is 38.3 Å². The van der Waals surface area contributed by atoms with E-state index in [1.165, 1.54) is 13.3 Å². The van der Waals surface area contributed by atoms with Crippen LogP contribution >= 0.6 is 0 Å². The number of esters is 1. The molecule has 0 saturated carbocycles. The highest BCUT2D eigenvalue weighted by molar-refractivity contribution is 5.96. The Kier molecular flexibility index (Phi) is 7.25. The number of imidazole rings is 1. The molecule has 1 aliphatic rings.